The molecule has 1 amide bonds. The van der Waals surface area contributed by atoms with Gasteiger partial charge in [-0.1, -0.05) is 53.5 Å². The molecule has 0 aliphatic carbocycles. The molecule has 0 bridgehead atoms. The smallest absolute Gasteiger partial charge is 0.244 e. The summed E-state index contributed by atoms with van der Waals surface area (Å²) in [5.41, 5.74) is 2.72. The molecule has 1 heterocycles. The minimum Gasteiger partial charge on any atom is -0.348 e. The molecule has 6 nitrogen and oxygen atoms in total. The lowest BCUT2D eigenvalue weighted by Gasteiger charge is -2.15. The van der Waals surface area contributed by atoms with E-state index in [9.17, 15) is 4.79 Å². The number of rotatable bonds is 5. The second-order valence-electron chi connectivity index (χ2n) is 5.91. The van der Waals surface area contributed by atoms with Crippen LogP contribution >= 0.6 is 23.2 Å². The Bertz CT molecular complexity index is 941. The first-order valence-electron chi connectivity index (χ1n) is 8.02. The van der Waals surface area contributed by atoms with Crippen molar-refractivity contribution >= 4 is 29.1 Å². The van der Waals surface area contributed by atoms with Crippen LogP contribution in [0.2, 0.25) is 10.0 Å². The summed E-state index contributed by atoms with van der Waals surface area (Å²) in [7, 11) is 0. The van der Waals surface area contributed by atoms with Crippen molar-refractivity contribution in [1.82, 2.24) is 25.5 Å². The highest BCUT2D eigenvalue weighted by atomic mass is 35.5. The Labute approximate surface area is 161 Å². The van der Waals surface area contributed by atoms with Crippen LogP contribution in [-0.4, -0.2) is 26.1 Å². The quantitative estimate of drug-likeness (QED) is 0.719. The van der Waals surface area contributed by atoms with Gasteiger partial charge in [-0.05, 0) is 42.3 Å². The van der Waals surface area contributed by atoms with Crippen molar-refractivity contribution in [2.24, 2.45) is 0 Å². The first kappa shape index (κ1) is 18.4. The molecule has 0 saturated carbocycles. The summed E-state index contributed by atoms with van der Waals surface area (Å²) in [6.45, 7) is 3.79. The number of amides is 1. The van der Waals surface area contributed by atoms with Gasteiger partial charge in [-0.2, -0.15) is 4.80 Å². The van der Waals surface area contributed by atoms with Crippen molar-refractivity contribution in [3.05, 3.63) is 63.6 Å². The first-order chi connectivity index (χ1) is 12.4. The molecule has 1 aromatic heterocycles. The maximum absolute atomic E-state index is 12.3. The van der Waals surface area contributed by atoms with Crippen LogP contribution < -0.4 is 5.32 Å². The number of hydrogen-bond donors (Lipinski definition) is 1. The SMILES string of the molecule is Cc1ccccc1-c1nnn(CC(=O)NC(C)c2ccc(Cl)cc2Cl)n1. The number of hydrogen-bond acceptors (Lipinski definition) is 4. The predicted octanol–water partition coefficient (Wildman–Crippen LogP) is 3.83. The van der Waals surface area contributed by atoms with E-state index in [1.165, 1.54) is 4.80 Å². The van der Waals surface area contributed by atoms with Gasteiger partial charge in [-0.3, -0.25) is 4.79 Å². The van der Waals surface area contributed by atoms with Gasteiger partial charge in [0.2, 0.25) is 11.7 Å². The van der Waals surface area contributed by atoms with Crippen molar-refractivity contribution in [2.45, 2.75) is 26.4 Å². The molecule has 0 aliphatic heterocycles. The lowest BCUT2D eigenvalue weighted by molar-refractivity contribution is -0.122. The van der Waals surface area contributed by atoms with E-state index in [-0.39, 0.29) is 18.5 Å². The first-order valence-corrected chi connectivity index (χ1v) is 8.78. The molecule has 0 radical (unpaired) electrons. The molecule has 134 valence electrons. The molecule has 0 fully saturated rings. The van der Waals surface area contributed by atoms with E-state index in [1.807, 2.05) is 38.1 Å². The molecule has 0 saturated heterocycles. The molecule has 1 N–H and O–H groups in total. The predicted molar refractivity (Wildman–Crippen MR) is 101 cm³/mol. The number of aryl methyl sites for hydroxylation is 1. The van der Waals surface area contributed by atoms with Gasteiger partial charge < -0.3 is 5.32 Å². The molecule has 1 unspecified atom stereocenters. The van der Waals surface area contributed by atoms with Crippen LogP contribution in [0.15, 0.2) is 42.5 Å². The molecular formula is C18H17Cl2N5O. The molecule has 3 rings (SSSR count). The summed E-state index contributed by atoms with van der Waals surface area (Å²) in [5.74, 6) is 0.252. The van der Waals surface area contributed by atoms with Gasteiger partial charge in [0, 0.05) is 15.6 Å². The normalized spacial score (nSPS) is 12.0. The van der Waals surface area contributed by atoms with Crippen LogP contribution in [-0.2, 0) is 11.3 Å². The largest absolute Gasteiger partial charge is 0.348 e. The van der Waals surface area contributed by atoms with Gasteiger partial charge in [0.1, 0.15) is 6.54 Å². The molecule has 0 spiro atoms. The standard InChI is InChI=1S/C18H17Cl2N5O/c1-11-5-3-4-6-14(11)18-22-24-25(23-18)10-17(26)21-12(2)15-8-7-13(19)9-16(15)20/h3-9,12H,10H2,1-2H3,(H,21,26). The van der Waals surface area contributed by atoms with Crippen molar-refractivity contribution in [3.63, 3.8) is 0 Å². The van der Waals surface area contributed by atoms with Crippen LogP contribution in [0.1, 0.15) is 24.1 Å². The third-order valence-corrected chi connectivity index (χ3v) is 4.49. The second kappa shape index (κ2) is 7.85. The van der Waals surface area contributed by atoms with Crippen molar-refractivity contribution in [1.29, 1.82) is 0 Å². The van der Waals surface area contributed by atoms with Crippen LogP contribution in [0.5, 0.6) is 0 Å². The molecule has 1 atom stereocenters. The molecule has 26 heavy (non-hydrogen) atoms. The Kier molecular flexibility index (Phi) is 5.54. The van der Waals surface area contributed by atoms with Crippen molar-refractivity contribution < 1.29 is 4.79 Å². The van der Waals surface area contributed by atoms with Crippen LogP contribution in [0.25, 0.3) is 11.4 Å². The van der Waals surface area contributed by atoms with Gasteiger partial charge >= 0.3 is 0 Å². The highest BCUT2D eigenvalue weighted by Crippen LogP contribution is 2.26. The molecule has 0 aliphatic rings. The summed E-state index contributed by atoms with van der Waals surface area (Å²) in [6.07, 6.45) is 0. The maximum Gasteiger partial charge on any atom is 0.244 e. The van der Waals surface area contributed by atoms with Crippen LogP contribution in [0.3, 0.4) is 0 Å². The van der Waals surface area contributed by atoms with E-state index in [0.29, 0.717) is 15.9 Å². The van der Waals surface area contributed by atoms with Gasteiger partial charge in [-0.15, -0.1) is 10.2 Å². The topological polar surface area (TPSA) is 72.7 Å². The Morgan fingerprint density at radius 1 is 1.23 bits per heavy atom. The Hall–Kier alpha value is -2.44. The zero-order chi connectivity index (χ0) is 18.7. The van der Waals surface area contributed by atoms with E-state index >= 15 is 0 Å². The fraction of sp³-hybridized carbons (Fsp3) is 0.222. The second-order valence-corrected chi connectivity index (χ2v) is 6.76. The van der Waals surface area contributed by atoms with Gasteiger partial charge in [0.15, 0.2) is 0 Å². The third kappa shape index (κ3) is 4.20. The average molecular weight is 390 g/mol. The van der Waals surface area contributed by atoms with Gasteiger partial charge in [-0.25, -0.2) is 0 Å². The number of tetrazole rings is 1. The lowest BCUT2D eigenvalue weighted by atomic mass is 10.1. The number of nitrogens with one attached hydrogen (secondary N) is 1. The number of halogens is 2. The maximum atomic E-state index is 12.3. The van der Waals surface area contributed by atoms with E-state index < -0.39 is 0 Å². The van der Waals surface area contributed by atoms with E-state index in [4.69, 9.17) is 23.2 Å². The van der Waals surface area contributed by atoms with Gasteiger partial charge in [0.05, 0.1) is 6.04 Å². The highest BCUT2D eigenvalue weighted by molar-refractivity contribution is 6.35. The molecule has 8 heteroatoms. The summed E-state index contributed by atoms with van der Waals surface area (Å²) < 4.78 is 0. The molecule has 3 aromatic rings. The number of carbonyl (C=O) groups excluding carboxylic acids is 1. The molecule has 2 aromatic carbocycles. The van der Waals surface area contributed by atoms with Crippen LogP contribution in [0, 0.1) is 6.92 Å². The minimum absolute atomic E-state index is 0.0333. The summed E-state index contributed by atoms with van der Waals surface area (Å²) in [4.78, 5) is 13.5. The van der Waals surface area contributed by atoms with Crippen molar-refractivity contribution in [3.8, 4) is 11.4 Å². The lowest BCUT2D eigenvalue weighted by Crippen LogP contribution is -2.31. The number of nitrogens with zero attached hydrogens (tertiary/aromatic N) is 4. The van der Waals surface area contributed by atoms with E-state index in [0.717, 1.165) is 16.7 Å². The molecular weight excluding hydrogens is 373 g/mol. The zero-order valence-corrected chi connectivity index (χ0v) is 15.8. The Balaban J connectivity index is 1.66. The Morgan fingerprint density at radius 3 is 2.73 bits per heavy atom. The summed E-state index contributed by atoms with van der Waals surface area (Å²) in [5, 5.41) is 16.2. The Morgan fingerprint density at radius 2 is 2.00 bits per heavy atom. The van der Waals surface area contributed by atoms with Crippen LogP contribution in [0.4, 0.5) is 0 Å². The summed E-state index contributed by atoms with van der Waals surface area (Å²) >= 11 is 12.1. The van der Waals surface area contributed by atoms with E-state index in [1.54, 1.807) is 18.2 Å². The third-order valence-electron chi connectivity index (χ3n) is 3.93. The fourth-order valence-electron chi connectivity index (χ4n) is 2.59. The fourth-order valence-corrected chi connectivity index (χ4v) is 3.16. The number of aromatic nitrogens is 4. The zero-order valence-electron chi connectivity index (χ0n) is 14.3. The average Bonchev–Trinajstić information content (AvgIpc) is 3.03. The van der Waals surface area contributed by atoms with Gasteiger partial charge in [0.25, 0.3) is 0 Å². The van der Waals surface area contributed by atoms with E-state index in [2.05, 4.69) is 20.7 Å². The number of benzene rings is 2. The minimum atomic E-state index is -0.272. The van der Waals surface area contributed by atoms with Crippen molar-refractivity contribution in [2.75, 3.05) is 0 Å². The number of carbonyl (C=O) groups is 1. The monoisotopic (exact) mass is 389 g/mol. The highest BCUT2D eigenvalue weighted by Gasteiger charge is 2.15. The summed E-state index contributed by atoms with van der Waals surface area (Å²) in [6, 6.07) is 12.6.